The molecule has 136 valence electrons. The van der Waals surface area contributed by atoms with Crippen LogP contribution in [0.4, 0.5) is 0 Å². The van der Waals surface area contributed by atoms with Crippen molar-refractivity contribution in [1.82, 2.24) is 0 Å². The van der Waals surface area contributed by atoms with Crippen molar-refractivity contribution in [2.75, 3.05) is 0 Å². The van der Waals surface area contributed by atoms with E-state index >= 15 is 0 Å². The molecule has 0 N–H and O–H groups in total. The molecule has 0 atom stereocenters. The van der Waals surface area contributed by atoms with Crippen molar-refractivity contribution in [3.63, 3.8) is 0 Å². The smallest absolute Gasteiger partial charge is 0.0259 e. The zero-order chi connectivity index (χ0) is 18.1. The largest absolute Gasteiger partial charge is 0.0588 e. The van der Waals surface area contributed by atoms with Gasteiger partial charge in [0, 0.05) is 5.41 Å². The lowest BCUT2D eigenvalue weighted by molar-refractivity contribution is -0.0418. The first kappa shape index (κ1) is 16.6. The lowest BCUT2D eigenvalue weighted by atomic mass is 9.42. The molecule has 0 heteroatoms. The van der Waals surface area contributed by atoms with E-state index in [0.717, 1.165) is 23.7 Å². The summed E-state index contributed by atoms with van der Waals surface area (Å²) in [4.78, 5) is 0. The van der Waals surface area contributed by atoms with Gasteiger partial charge in [0.25, 0.3) is 0 Å². The van der Waals surface area contributed by atoms with Crippen LogP contribution in [0, 0.1) is 51.4 Å². The molecule has 6 rings (SSSR count). The van der Waals surface area contributed by atoms with Crippen LogP contribution in [0.25, 0.3) is 0 Å². The third kappa shape index (κ3) is 2.20. The topological polar surface area (TPSA) is 0 Å². The molecule has 0 amide bonds. The summed E-state index contributed by atoms with van der Waals surface area (Å²) in [5, 5.41) is 0. The van der Waals surface area contributed by atoms with E-state index in [2.05, 4.69) is 64.1 Å². The van der Waals surface area contributed by atoms with Crippen LogP contribution in [0.2, 0.25) is 0 Å². The number of hydrogen-bond donors (Lipinski definition) is 0. The van der Waals surface area contributed by atoms with Crippen molar-refractivity contribution in [2.24, 2.45) is 23.7 Å². The van der Waals surface area contributed by atoms with Crippen molar-refractivity contribution in [1.29, 1.82) is 0 Å². The second-order valence-corrected chi connectivity index (χ2v) is 9.77. The Morgan fingerprint density at radius 1 is 0.577 bits per heavy atom. The number of benzene rings is 2. The van der Waals surface area contributed by atoms with Gasteiger partial charge in [-0.25, -0.2) is 0 Å². The molecule has 0 heterocycles. The molecule has 0 unspecified atom stereocenters. The standard InChI is InChI=1S/C26H32/c1-16-5-7-22(9-18(16)3)26(23-8-6-17(2)19(4)10-23)24-12-20-11-21(14-24)15-25(26)13-20/h5-10,20-21,24-25H,11-15H2,1-4H3. The van der Waals surface area contributed by atoms with Crippen LogP contribution in [-0.2, 0) is 5.41 Å². The highest BCUT2D eigenvalue weighted by Crippen LogP contribution is 2.65. The maximum absolute atomic E-state index is 2.53. The Labute approximate surface area is 159 Å². The van der Waals surface area contributed by atoms with Crippen LogP contribution in [0.15, 0.2) is 36.4 Å². The highest BCUT2D eigenvalue weighted by atomic mass is 14.6. The molecule has 4 aliphatic carbocycles. The molecule has 0 nitrogen and oxygen atoms in total. The monoisotopic (exact) mass is 344 g/mol. The lowest BCUT2D eigenvalue weighted by Gasteiger charge is -2.62. The summed E-state index contributed by atoms with van der Waals surface area (Å²) in [6, 6.07) is 14.8. The predicted octanol–water partition coefficient (Wildman–Crippen LogP) is 6.66. The quantitative estimate of drug-likeness (QED) is 0.571. The van der Waals surface area contributed by atoms with Gasteiger partial charge in [-0.1, -0.05) is 36.4 Å². The van der Waals surface area contributed by atoms with Crippen molar-refractivity contribution in [3.8, 4) is 0 Å². The molecule has 26 heavy (non-hydrogen) atoms. The highest BCUT2D eigenvalue weighted by Gasteiger charge is 2.58. The maximum Gasteiger partial charge on any atom is 0.0259 e. The summed E-state index contributed by atoms with van der Waals surface area (Å²) in [5.74, 6) is 3.68. The molecule has 4 saturated carbocycles. The van der Waals surface area contributed by atoms with Gasteiger partial charge in [-0.2, -0.15) is 0 Å². The predicted molar refractivity (Wildman–Crippen MR) is 110 cm³/mol. The fourth-order valence-electron chi connectivity index (χ4n) is 7.03. The number of rotatable bonds is 2. The lowest BCUT2D eigenvalue weighted by Crippen LogP contribution is -2.56. The first-order chi connectivity index (χ1) is 12.5. The third-order valence-corrected chi connectivity index (χ3v) is 8.40. The van der Waals surface area contributed by atoms with Crippen LogP contribution >= 0.6 is 0 Å². The average Bonchev–Trinajstić information content (AvgIpc) is 2.60. The van der Waals surface area contributed by atoms with Crippen LogP contribution < -0.4 is 0 Å². The minimum Gasteiger partial charge on any atom is -0.0588 e. The van der Waals surface area contributed by atoms with E-state index in [4.69, 9.17) is 0 Å². The Morgan fingerprint density at radius 2 is 1.00 bits per heavy atom. The van der Waals surface area contributed by atoms with Crippen molar-refractivity contribution in [2.45, 2.75) is 65.2 Å². The Balaban J connectivity index is 1.75. The third-order valence-electron chi connectivity index (χ3n) is 8.40. The van der Waals surface area contributed by atoms with E-state index in [1.165, 1.54) is 54.4 Å². The van der Waals surface area contributed by atoms with E-state index < -0.39 is 0 Å². The maximum atomic E-state index is 2.53. The van der Waals surface area contributed by atoms with Crippen LogP contribution in [0.1, 0.15) is 65.5 Å². The van der Waals surface area contributed by atoms with Gasteiger partial charge in [0.15, 0.2) is 0 Å². The number of aryl methyl sites for hydroxylation is 4. The molecule has 0 aromatic heterocycles. The van der Waals surface area contributed by atoms with Gasteiger partial charge in [-0.15, -0.1) is 0 Å². The van der Waals surface area contributed by atoms with Crippen molar-refractivity contribution >= 4 is 0 Å². The molecular weight excluding hydrogens is 312 g/mol. The molecule has 4 bridgehead atoms. The van der Waals surface area contributed by atoms with Crippen molar-refractivity contribution in [3.05, 3.63) is 69.8 Å². The second kappa shape index (κ2) is 5.72. The van der Waals surface area contributed by atoms with Crippen LogP contribution in [-0.4, -0.2) is 0 Å². The highest BCUT2D eigenvalue weighted by molar-refractivity contribution is 5.48. The summed E-state index contributed by atoms with van der Waals surface area (Å²) in [5.41, 5.74) is 9.24. The van der Waals surface area contributed by atoms with Crippen molar-refractivity contribution < 1.29 is 0 Å². The Bertz CT molecular complexity index is 775. The minimum atomic E-state index is 0.254. The van der Waals surface area contributed by atoms with Gasteiger partial charge in [0.1, 0.15) is 0 Å². The van der Waals surface area contributed by atoms with Gasteiger partial charge < -0.3 is 0 Å². The Morgan fingerprint density at radius 3 is 1.38 bits per heavy atom. The van der Waals surface area contributed by atoms with Gasteiger partial charge in [-0.3, -0.25) is 0 Å². The second-order valence-electron chi connectivity index (χ2n) is 9.77. The molecule has 2 aromatic rings. The van der Waals surface area contributed by atoms with E-state index in [-0.39, 0.29) is 5.41 Å². The summed E-state index contributed by atoms with van der Waals surface area (Å²) in [6.07, 6.45) is 7.32. The Hall–Kier alpha value is -1.56. The molecule has 0 aliphatic heterocycles. The van der Waals surface area contributed by atoms with E-state index in [1.54, 1.807) is 11.1 Å². The molecule has 2 aromatic carbocycles. The van der Waals surface area contributed by atoms with Gasteiger partial charge in [0.2, 0.25) is 0 Å². The van der Waals surface area contributed by atoms with E-state index in [1.807, 2.05) is 0 Å². The normalized spacial score (nSPS) is 31.4. The van der Waals surface area contributed by atoms with E-state index in [0.29, 0.717) is 0 Å². The van der Waals surface area contributed by atoms with Gasteiger partial charge in [-0.05, 0) is 117 Å². The van der Waals surface area contributed by atoms with Gasteiger partial charge in [0.05, 0.1) is 0 Å². The van der Waals surface area contributed by atoms with E-state index in [9.17, 15) is 0 Å². The molecular formula is C26H32. The first-order valence-electron chi connectivity index (χ1n) is 10.6. The molecule has 4 aliphatic rings. The zero-order valence-corrected chi connectivity index (χ0v) is 16.8. The summed E-state index contributed by atoms with van der Waals surface area (Å²) in [6.45, 7) is 9.09. The summed E-state index contributed by atoms with van der Waals surface area (Å²) < 4.78 is 0. The number of hydrogen-bond acceptors (Lipinski definition) is 0. The SMILES string of the molecule is Cc1ccc(C2(c3ccc(C)c(C)c3)C3CC4CC(C3)CC2C4)cc1C. The fraction of sp³-hybridized carbons (Fsp3) is 0.538. The molecule has 4 fully saturated rings. The fourth-order valence-corrected chi connectivity index (χ4v) is 7.03. The molecule has 0 saturated heterocycles. The summed E-state index contributed by atoms with van der Waals surface area (Å²) in [7, 11) is 0. The van der Waals surface area contributed by atoms with Gasteiger partial charge >= 0.3 is 0 Å². The molecule has 0 radical (unpaired) electrons. The summed E-state index contributed by atoms with van der Waals surface area (Å²) >= 11 is 0. The molecule has 0 spiro atoms. The Kier molecular flexibility index (Phi) is 3.65. The van der Waals surface area contributed by atoms with Crippen LogP contribution in [0.5, 0.6) is 0 Å². The average molecular weight is 345 g/mol. The first-order valence-corrected chi connectivity index (χ1v) is 10.6. The zero-order valence-electron chi connectivity index (χ0n) is 16.8. The van der Waals surface area contributed by atoms with Crippen LogP contribution in [0.3, 0.4) is 0 Å². The minimum absolute atomic E-state index is 0.254.